The summed E-state index contributed by atoms with van der Waals surface area (Å²) in [5, 5.41) is 8.72. The Balaban J connectivity index is 1.39. The molecule has 0 bridgehead atoms. The first kappa shape index (κ1) is 25.6. The second-order valence-electron chi connectivity index (χ2n) is 11.7. The molecule has 2 heterocycles. The van der Waals surface area contributed by atoms with Crippen molar-refractivity contribution < 1.29 is 0 Å². The standard InChI is InChI=1S/C42H29N3/c1-3-12-28(13-4-1)31-23-25-39-36(26-31)34-24-22-32(29-14-5-2-6-15-29)27-40(34)45(39)42-41(43-37-20-9-10-21-38(37)44-42)35-19-11-17-30-16-7-8-18-33(30)35/h1-27,37,43H. The van der Waals surface area contributed by atoms with Crippen LogP contribution in [0.15, 0.2) is 169 Å². The Morgan fingerprint density at radius 3 is 2.07 bits per heavy atom. The zero-order valence-electron chi connectivity index (χ0n) is 24.6. The Morgan fingerprint density at radius 2 is 1.24 bits per heavy atom. The second-order valence-corrected chi connectivity index (χ2v) is 11.7. The average molecular weight is 576 g/mol. The van der Waals surface area contributed by atoms with Crippen LogP contribution in [0.2, 0.25) is 0 Å². The molecule has 45 heavy (non-hydrogen) atoms. The maximum Gasteiger partial charge on any atom is 0.162 e. The quantitative estimate of drug-likeness (QED) is 0.222. The predicted octanol–water partition coefficient (Wildman–Crippen LogP) is 10.1. The van der Waals surface area contributed by atoms with Gasteiger partial charge in [-0.15, -0.1) is 0 Å². The van der Waals surface area contributed by atoms with Crippen molar-refractivity contribution in [3.05, 3.63) is 169 Å². The first-order chi connectivity index (χ1) is 22.3. The number of fused-ring (bicyclic) bond motifs is 5. The number of aromatic nitrogens is 1. The van der Waals surface area contributed by atoms with E-state index in [0.29, 0.717) is 0 Å². The normalized spacial score (nSPS) is 15.8. The lowest BCUT2D eigenvalue weighted by Gasteiger charge is -2.29. The van der Waals surface area contributed by atoms with Gasteiger partial charge in [0.2, 0.25) is 0 Å². The fourth-order valence-electron chi connectivity index (χ4n) is 6.83. The molecule has 1 aliphatic heterocycles. The fraction of sp³-hybridized carbons (Fsp3) is 0.0238. The summed E-state index contributed by atoms with van der Waals surface area (Å²) < 4.78 is 2.37. The van der Waals surface area contributed by atoms with Gasteiger partial charge < -0.3 is 5.32 Å². The number of rotatable bonds is 4. The fourth-order valence-corrected chi connectivity index (χ4v) is 6.83. The Morgan fingerprint density at radius 1 is 0.533 bits per heavy atom. The summed E-state index contributed by atoms with van der Waals surface area (Å²) in [5.41, 5.74) is 10.2. The molecule has 3 nitrogen and oxygen atoms in total. The van der Waals surface area contributed by atoms with Crippen LogP contribution in [0.4, 0.5) is 0 Å². The Bertz CT molecular complexity index is 2380. The Labute approximate surface area is 261 Å². The van der Waals surface area contributed by atoms with E-state index in [1.165, 1.54) is 43.8 Å². The Kier molecular flexibility index (Phi) is 5.88. The number of hydrogen-bond donors (Lipinski definition) is 1. The van der Waals surface area contributed by atoms with Gasteiger partial charge in [-0.3, -0.25) is 4.57 Å². The van der Waals surface area contributed by atoms with Crippen molar-refractivity contribution in [2.75, 3.05) is 0 Å². The first-order valence-electron chi connectivity index (χ1n) is 15.4. The maximum absolute atomic E-state index is 5.45. The molecule has 0 spiro atoms. The third-order valence-electron chi connectivity index (χ3n) is 9.01. The van der Waals surface area contributed by atoms with Crippen LogP contribution in [-0.4, -0.2) is 16.3 Å². The number of aliphatic imine (C=N–C) groups is 1. The summed E-state index contributed by atoms with van der Waals surface area (Å²) in [6, 6.07) is 50.0. The van der Waals surface area contributed by atoms with E-state index in [1.807, 2.05) is 0 Å². The third kappa shape index (κ3) is 4.24. The van der Waals surface area contributed by atoms with Gasteiger partial charge >= 0.3 is 0 Å². The summed E-state index contributed by atoms with van der Waals surface area (Å²) in [4.78, 5) is 5.45. The second kappa shape index (κ2) is 10.4. The third-order valence-corrected chi connectivity index (χ3v) is 9.01. The lowest BCUT2D eigenvalue weighted by molar-refractivity contribution is 0.872. The van der Waals surface area contributed by atoms with Crippen molar-refractivity contribution in [2.45, 2.75) is 6.04 Å². The topological polar surface area (TPSA) is 29.3 Å². The zero-order chi connectivity index (χ0) is 29.7. The van der Waals surface area contributed by atoms with Crippen LogP contribution < -0.4 is 5.32 Å². The molecule has 0 fully saturated rings. The molecule has 1 aliphatic carbocycles. The molecule has 0 saturated carbocycles. The predicted molar refractivity (Wildman–Crippen MR) is 190 cm³/mol. The number of allylic oxidation sites excluding steroid dienone is 2. The van der Waals surface area contributed by atoms with Crippen LogP contribution >= 0.6 is 0 Å². The highest BCUT2D eigenvalue weighted by atomic mass is 15.2. The van der Waals surface area contributed by atoms with Gasteiger partial charge in [0.1, 0.15) is 0 Å². The number of benzene rings is 6. The van der Waals surface area contributed by atoms with E-state index in [4.69, 9.17) is 4.99 Å². The van der Waals surface area contributed by atoms with Crippen molar-refractivity contribution in [1.82, 2.24) is 9.88 Å². The molecule has 3 heteroatoms. The average Bonchev–Trinajstić information content (AvgIpc) is 3.44. The molecule has 9 rings (SSSR count). The van der Waals surface area contributed by atoms with Gasteiger partial charge in [0.15, 0.2) is 5.82 Å². The molecule has 1 aromatic heterocycles. The van der Waals surface area contributed by atoms with Gasteiger partial charge in [-0.1, -0.05) is 140 Å². The maximum atomic E-state index is 5.45. The highest BCUT2D eigenvalue weighted by Crippen LogP contribution is 2.40. The SMILES string of the molecule is C1=CC2=NC(n3c4ccc(-c5ccccc5)cc4c4ccc(-c5ccccc5)cc43)=C(c3cccc4ccccc34)NC2C=C1. The van der Waals surface area contributed by atoms with Gasteiger partial charge in [-0.05, 0) is 57.3 Å². The molecule has 1 N–H and O–H groups in total. The molecule has 1 atom stereocenters. The summed E-state index contributed by atoms with van der Waals surface area (Å²) in [7, 11) is 0. The van der Waals surface area contributed by atoms with E-state index >= 15 is 0 Å². The van der Waals surface area contributed by atoms with Gasteiger partial charge in [0.25, 0.3) is 0 Å². The lowest BCUT2D eigenvalue weighted by Crippen LogP contribution is -2.38. The molecule has 1 unspecified atom stereocenters. The highest BCUT2D eigenvalue weighted by molar-refractivity contribution is 6.16. The van der Waals surface area contributed by atoms with Crippen LogP contribution in [0, 0.1) is 0 Å². The van der Waals surface area contributed by atoms with Crippen molar-refractivity contribution in [3.8, 4) is 22.3 Å². The minimum Gasteiger partial charge on any atom is -0.370 e. The van der Waals surface area contributed by atoms with Crippen molar-refractivity contribution >= 4 is 49.8 Å². The molecule has 6 aromatic carbocycles. The van der Waals surface area contributed by atoms with E-state index in [1.54, 1.807) is 0 Å². The lowest BCUT2D eigenvalue weighted by atomic mass is 9.98. The summed E-state index contributed by atoms with van der Waals surface area (Å²) in [5.74, 6) is 0.898. The van der Waals surface area contributed by atoms with E-state index < -0.39 is 0 Å². The van der Waals surface area contributed by atoms with Crippen LogP contribution in [0.1, 0.15) is 5.56 Å². The smallest absolute Gasteiger partial charge is 0.162 e. The molecular weight excluding hydrogens is 546 g/mol. The van der Waals surface area contributed by atoms with Gasteiger partial charge in [0, 0.05) is 16.3 Å². The van der Waals surface area contributed by atoms with Gasteiger partial charge in [-0.25, -0.2) is 4.99 Å². The molecule has 212 valence electrons. The molecule has 0 saturated heterocycles. The molecule has 0 amide bonds. The number of nitrogens with zero attached hydrogens (tertiary/aromatic N) is 2. The molecular formula is C42H29N3. The minimum atomic E-state index is 0.00497. The zero-order valence-corrected chi connectivity index (χ0v) is 24.6. The van der Waals surface area contributed by atoms with Crippen LogP contribution in [0.3, 0.4) is 0 Å². The van der Waals surface area contributed by atoms with Crippen LogP contribution in [-0.2, 0) is 0 Å². The number of hydrogen-bond acceptors (Lipinski definition) is 2. The number of nitrogens with one attached hydrogen (secondary N) is 1. The highest BCUT2D eigenvalue weighted by Gasteiger charge is 2.27. The summed E-state index contributed by atoms with van der Waals surface area (Å²) in [6.45, 7) is 0. The largest absolute Gasteiger partial charge is 0.370 e. The van der Waals surface area contributed by atoms with E-state index in [9.17, 15) is 0 Å². The summed E-state index contributed by atoms with van der Waals surface area (Å²) in [6.07, 6.45) is 8.48. The van der Waals surface area contributed by atoms with Gasteiger partial charge in [0.05, 0.1) is 28.5 Å². The van der Waals surface area contributed by atoms with E-state index in [2.05, 4.69) is 174 Å². The van der Waals surface area contributed by atoms with Crippen molar-refractivity contribution in [1.29, 1.82) is 0 Å². The minimum absolute atomic E-state index is 0.00497. The first-order valence-corrected chi connectivity index (χ1v) is 15.4. The Hall–Kier alpha value is -5.93. The van der Waals surface area contributed by atoms with E-state index in [0.717, 1.165) is 33.8 Å². The van der Waals surface area contributed by atoms with Gasteiger partial charge in [-0.2, -0.15) is 0 Å². The molecule has 0 radical (unpaired) electrons. The van der Waals surface area contributed by atoms with Crippen LogP contribution in [0.5, 0.6) is 0 Å². The monoisotopic (exact) mass is 575 g/mol. The van der Waals surface area contributed by atoms with Crippen molar-refractivity contribution in [2.24, 2.45) is 4.99 Å². The summed E-state index contributed by atoms with van der Waals surface area (Å²) >= 11 is 0. The van der Waals surface area contributed by atoms with Crippen LogP contribution in [0.25, 0.3) is 66.4 Å². The molecule has 7 aromatic rings. The van der Waals surface area contributed by atoms with E-state index in [-0.39, 0.29) is 6.04 Å². The van der Waals surface area contributed by atoms with Crippen molar-refractivity contribution in [3.63, 3.8) is 0 Å². The molecule has 2 aliphatic rings.